The van der Waals surface area contributed by atoms with E-state index in [0.717, 1.165) is 19.4 Å². The minimum Gasteiger partial charge on any atom is -0.315 e. The molecule has 3 rings (SSSR count). The van der Waals surface area contributed by atoms with Gasteiger partial charge in [0.15, 0.2) is 0 Å². The Morgan fingerprint density at radius 1 is 1.11 bits per heavy atom. The summed E-state index contributed by atoms with van der Waals surface area (Å²) in [6.07, 6.45) is 11.4. The van der Waals surface area contributed by atoms with Crippen molar-refractivity contribution >= 4 is 0 Å². The van der Waals surface area contributed by atoms with Gasteiger partial charge in [-0.2, -0.15) is 0 Å². The first-order valence-electron chi connectivity index (χ1n) is 7.43. The summed E-state index contributed by atoms with van der Waals surface area (Å²) in [5, 5.41) is 12.4. The monoisotopic (exact) mass is 248 g/mol. The molecule has 1 saturated carbocycles. The van der Waals surface area contributed by atoms with E-state index in [1.54, 1.807) is 0 Å². The molecule has 18 heavy (non-hydrogen) atoms. The molecule has 1 fully saturated rings. The number of rotatable bonds is 3. The average molecular weight is 248 g/mol. The lowest BCUT2D eigenvalue weighted by Gasteiger charge is -2.37. The van der Waals surface area contributed by atoms with Crippen LogP contribution < -0.4 is 5.32 Å². The normalized spacial score (nSPS) is 22.7. The largest absolute Gasteiger partial charge is 0.315 e. The fraction of sp³-hybridized carbons (Fsp3) is 0.857. The second-order valence-electron chi connectivity index (χ2n) is 5.91. The van der Waals surface area contributed by atoms with E-state index in [0.29, 0.717) is 0 Å². The van der Waals surface area contributed by atoms with Gasteiger partial charge >= 0.3 is 0 Å². The third kappa shape index (κ3) is 2.18. The molecule has 1 aromatic rings. The van der Waals surface area contributed by atoms with Crippen LogP contribution in [0.3, 0.4) is 0 Å². The third-order valence-electron chi connectivity index (χ3n) is 4.77. The van der Waals surface area contributed by atoms with Crippen LogP contribution in [0.25, 0.3) is 0 Å². The molecule has 0 spiro atoms. The van der Waals surface area contributed by atoms with Gasteiger partial charge in [-0.25, -0.2) is 0 Å². The molecule has 1 aromatic heterocycles. The lowest BCUT2D eigenvalue weighted by Crippen LogP contribution is -2.47. The van der Waals surface area contributed by atoms with E-state index in [2.05, 4.69) is 27.1 Å². The number of fused-ring (bicyclic) bond motifs is 1. The number of aromatic nitrogens is 3. The molecule has 4 nitrogen and oxygen atoms in total. The van der Waals surface area contributed by atoms with E-state index in [1.807, 2.05) is 0 Å². The summed E-state index contributed by atoms with van der Waals surface area (Å²) in [5.41, 5.74) is 0.277. The molecule has 0 unspecified atom stereocenters. The van der Waals surface area contributed by atoms with Crippen molar-refractivity contribution in [1.82, 2.24) is 20.1 Å². The van der Waals surface area contributed by atoms with E-state index in [-0.39, 0.29) is 5.54 Å². The smallest absolute Gasteiger partial charge is 0.134 e. The number of hydrogen-bond donors (Lipinski definition) is 1. The molecule has 0 amide bonds. The maximum atomic E-state index is 4.46. The zero-order chi connectivity index (χ0) is 12.4. The molecule has 0 aromatic carbocycles. The summed E-state index contributed by atoms with van der Waals surface area (Å²) < 4.78 is 2.37. The Kier molecular flexibility index (Phi) is 3.37. The van der Waals surface area contributed by atoms with Crippen molar-refractivity contribution in [2.75, 3.05) is 7.05 Å². The van der Waals surface area contributed by atoms with Gasteiger partial charge in [0, 0.05) is 24.9 Å². The first-order valence-corrected chi connectivity index (χ1v) is 7.43. The van der Waals surface area contributed by atoms with Crippen LogP contribution >= 0.6 is 0 Å². The molecule has 0 saturated heterocycles. The van der Waals surface area contributed by atoms with Crippen molar-refractivity contribution in [3.05, 3.63) is 11.6 Å². The summed E-state index contributed by atoms with van der Waals surface area (Å²) in [4.78, 5) is 0. The molecule has 0 atom stereocenters. The Morgan fingerprint density at radius 3 is 2.72 bits per heavy atom. The van der Waals surface area contributed by atoms with Crippen molar-refractivity contribution in [2.24, 2.45) is 0 Å². The lowest BCUT2D eigenvalue weighted by molar-refractivity contribution is 0.238. The Bertz CT molecular complexity index is 404. The van der Waals surface area contributed by atoms with Crippen LogP contribution in [0, 0.1) is 0 Å². The molecular formula is C14H24N4. The van der Waals surface area contributed by atoms with E-state index in [1.165, 1.54) is 56.6 Å². The van der Waals surface area contributed by atoms with Gasteiger partial charge in [0.2, 0.25) is 0 Å². The van der Waals surface area contributed by atoms with Crippen molar-refractivity contribution in [3.8, 4) is 0 Å². The van der Waals surface area contributed by atoms with E-state index < -0.39 is 0 Å². The minimum atomic E-state index is 0.277. The van der Waals surface area contributed by atoms with Crippen molar-refractivity contribution < 1.29 is 0 Å². The summed E-state index contributed by atoms with van der Waals surface area (Å²) in [7, 11) is 2.11. The first-order chi connectivity index (χ1) is 8.83. The van der Waals surface area contributed by atoms with Gasteiger partial charge in [-0.05, 0) is 32.7 Å². The molecule has 1 aliphatic carbocycles. The van der Waals surface area contributed by atoms with Gasteiger partial charge in [0.1, 0.15) is 11.6 Å². The van der Waals surface area contributed by atoms with Crippen molar-refractivity contribution in [1.29, 1.82) is 0 Å². The predicted octanol–water partition coefficient (Wildman–Crippen LogP) is 2.08. The van der Waals surface area contributed by atoms with Gasteiger partial charge in [-0.3, -0.25) is 0 Å². The maximum absolute atomic E-state index is 4.46. The summed E-state index contributed by atoms with van der Waals surface area (Å²) in [6, 6.07) is 0. The molecule has 4 heteroatoms. The van der Waals surface area contributed by atoms with Crippen LogP contribution in [0.4, 0.5) is 0 Å². The predicted molar refractivity (Wildman–Crippen MR) is 71.5 cm³/mol. The Balaban J connectivity index is 1.80. The van der Waals surface area contributed by atoms with Crippen LogP contribution in [0.5, 0.6) is 0 Å². The van der Waals surface area contributed by atoms with Crippen LogP contribution in [0.15, 0.2) is 0 Å². The highest BCUT2D eigenvalue weighted by atomic mass is 15.3. The number of likely N-dealkylation sites (N-methyl/N-ethyl adjacent to an activating group) is 1. The highest BCUT2D eigenvalue weighted by Crippen LogP contribution is 2.31. The quantitative estimate of drug-likeness (QED) is 0.890. The molecular weight excluding hydrogens is 224 g/mol. The lowest BCUT2D eigenvalue weighted by atomic mass is 9.79. The third-order valence-corrected chi connectivity index (χ3v) is 4.77. The summed E-state index contributed by atoms with van der Waals surface area (Å²) in [5.74, 6) is 2.42. The SMILES string of the molecule is CNC1(Cc2nnc3n2CCCC3)CCCCC1. The number of nitrogens with one attached hydrogen (secondary N) is 1. The van der Waals surface area contributed by atoms with Gasteiger partial charge in [-0.1, -0.05) is 19.3 Å². The van der Waals surface area contributed by atoms with E-state index >= 15 is 0 Å². The minimum absolute atomic E-state index is 0.277. The number of aryl methyl sites for hydroxylation is 1. The summed E-state index contributed by atoms with van der Waals surface area (Å²) in [6.45, 7) is 1.12. The highest BCUT2D eigenvalue weighted by Gasteiger charge is 2.32. The molecule has 1 aliphatic heterocycles. The fourth-order valence-corrected chi connectivity index (χ4v) is 3.55. The molecule has 2 aliphatic rings. The molecule has 0 bridgehead atoms. The Labute approximate surface area is 109 Å². The van der Waals surface area contributed by atoms with Crippen LogP contribution in [0.2, 0.25) is 0 Å². The zero-order valence-electron chi connectivity index (χ0n) is 11.4. The topological polar surface area (TPSA) is 42.7 Å². The van der Waals surface area contributed by atoms with Crippen molar-refractivity contribution in [2.45, 2.75) is 69.9 Å². The standard InChI is InChI=1S/C14H24N4/c1-15-14(8-4-2-5-9-14)11-13-17-16-12-7-3-6-10-18(12)13/h15H,2-11H2,1H3. The number of nitrogens with zero attached hydrogens (tertiary/aromatic N) is 3. The highest BCUT2D eigenvalue weighted by molar-refractivity contribution is 5.05. The van der Waals surface area contributed by atoms with Crippen LogP contribution in [-0.4, -0.2) is 27.4 Å². The molecule has 100 valence electrons. The Hall–Kier alpha value is -0.900. The molecule has 2 heterocycles. The van der Waals surface area contributed by atoms with Gasteiger partial charge in [0.05, 0.1) is 0 Å². The van der Waals surface area contributed by atoms with Gasteiger partial charge in [0.25, 0.3) is 0 Å². The van der Waals surface area contributed by atoms with Gasteiger partial charge in [-0.15, -0.1) is 10.2 Å². The van der Waals surface area contributed by atoms with Gasteiger partial charge < -0.3 is 9.88 Å². The van der Waals surface area contributed by atoms with E-state index in [9.17, 15) is 0 Å². The summed E-state index contributed by atoms with van der Waals surface area (Å²) >= 11 is 0. The van der Waals surface area contributed by atoms with Crippen molar-refractivity contribution in [3.63, 3.8) is 0 Å². The number of hydrogen-bond acceptors (Lipinski definition) is 3. The van der Waals surface area contributed by atoms with E-state index in [4.69, 9.17) is 0 Å². The van der Waals surface area contributed by atoms with Crippen LogP contribution in [0.1, 0.15) is 56.6 Å². The second kappa shape index (κ2) is 5.00. The first kappa shape index (κ1) is 12.2. The Morgan fingerprint density at radius 2 is 1.94 bits per heavy atom. The average Bonchev–Trinajstić information content (AvgIpc) is 2.83. The molecule has 1 N–H and O–H groups in total. The maximum Gasteiger partial charge on any atom is 0.134 e. The second-order valence-corrected chi connectivity index (χ2v) is 5.91. The molecule has 0 radical (unpaired) electrons. The fourth-order valence-electron chi connectivity index (χ4n) is 3.55. The van der Waals surface area contributed by atoms with Crippen LogP contribution in [-0.2, 0) is 19.4 Å². The zero-order valence-corrected chi connectivity index (χ0v) is 11.4.